The monoisotopic (exact) mass is 359 g/mol. The number of hydrogen-bond acceptors (Lipinski definition) is 4. The van der Waals surface area contributed by atoms with Gasteiger partial charge in [0, 0.05) is 11.1 Å². The molecular formula is C19H21NO4S. The Balaban J connectivity index is 1.91. The number of methoxy groups -OCH3 is 1. The fraction of sp³-hybridized carbons (Fsp3) is 0.316. The molecule has 132 valence electrons. The molecular weight excluding hydrogens is 338 g/mol. The number of ether oxygens (including phenoxy) is 1. The Morgan fingerprint density at radius 2 is 1.72 bits per heavy atom. The van der Waals surface area contributed by atoms with Gasteiger partial charge in [-0.05, 0) is 31.0 Å². The summed E-state index contributed by atoms with van der Waals surface area (Å²) in [4.78, 5) is 12.6. The summed E-state index contributed by atoms with van der Waals surface area (Å²) in [5.41, 5.74) is 1.27. The Morgan fingerprint density at radius 3 is 2.36 bits per heavy atom. The summed E-state index contributed by atoms with van der Waals surface area (Å²) in [5.74, 6) is 0.232. The van der Waals surface area contributed by atoms with Crippen LogP contribution in [0, 0.1) is 0 Å². The minimum atomic E-state index is -3.49. The minimum Gasteiger partial charge on any atom is -0.495 e. The van der Waals surface area contributed by atoms with Gasteiger partial charge in [0.05, 0.1) is 18.0 Å². The van der Waals surface area contributed by atoms with Crippen molar-refractivity contribution < 1.29 is 17.9 Å². The number of hydrogen-bond donors (Lipinski definition) is 1. The summed E-state index contributed by atoms with van der Waals surface area (Å²) in [6.45, 7) is 0. The van der Waals surface area contributed by atoms with Crippen molar-refractivity contribution in [1.82, 2.24) is 0 Å². The number of ketones is 1. The van der Waals surface area contributed by atoms with Crippen LogP contribution in [0.4, 0.5) is 5.69 Å². The van der Waals surface area contributed by atoms with E-state index in [0.717, 1.165) is 12.8 Å². The molecule has 25 heavy (non-hydrogen) atoms. The fourth-order valence-corrected chi connectivity index (χ4v) is 4.71. The molecule has 0 bridgehead atoms. The Labute approximate surface area is 148 Å². The second kappa shape index (κ2) is 7.27. The number of carbonyl (C=O) groups excluding carboxylic acids is 1. The van der Waals surface area contributed by atoms with Gasteiger partial charge in [0.2, 0.25) is 10.0 Å². The highest BCUT2D eigenvalue weighted by atomic mass is 32.2. The lowest BCUT2D eigenvalue weighted by Crippen LogP contribution is -2.25. The minimum absolute atomic E-state index is 0.162. The van der Waals surface area contributed by atoms with Crippen LogP contribution in [0.5, 0.6) is 5.75 Å². The van der Waals surface area contributed by atoms with Crippen molar-refractivity contribution in [3.63, 3.8) is 0 Å². The second-order valence-electron chi connectivity index (χ2n) is 6.16. The number of anilines is 1. The molecule has 1 N–H and O–H groups in total. The molecule has 2 aromatic rings. The number of sulfonamides is 1. The smallest absolute Gasteiger partial charge is 0.235 e. The zero-order chi connectivity index (χ0) is 17.9. The molecule has 0 amide bonds. The summed E-state index contributed by atoms with van der Waals surface area (Å²) >= 11 is 0. The van der Waals surface area contributed by atoms with Crippen molar-refractivity contribution in [2.75, 3.05) is 11.8 Å². The Bertz CT molecular complexity index is 856. The van der Waals surface area contributed by atoms with Gasteiger partial charge in [0.1, 0.15) is 5.75 Å². The van der Waals surface area contributed by atoms with Crippen molar-refractivity contribution in [2.24, 2.45) is 0 Å². The molecule has 0 heterocycles. The highest BCUT2D eigenvalue weighted by Crippen LogP contribution is 2.31. The molecule has 0 radical (unpaired) electrons. The zero-order valence-electron chi connectivity index (χ0n) is 14.1. The maximum Gasteiger partial charge on any atom is 0.235 e. The second-order valence-corrected chi connectivity index (χ2v) is 8.12. The molecule has 1 aliphatic rings. The first kappa shape index (κ1) is 17.5. The summed E-state index contributed by atoms with van der Waals surface area (Å²) < 4.78 is 33.0. The molecule has 0 atom stereocenters. The quantitative estimate of drug-likeness (QED) is 0.800. The van der Waals surface area contributed by atoms with E-state index in [1.54, 1.807) is 42.5 Å². The average molecular weight is 359 g/mol. The van der Waals surface area contributed by atoms with E-state index in [2.05, 4.69) is 4.72 Å². The SMILES string of the molecule is COc1ccc(C(=O)c2ccccc2)cc1NS(=O)(=O)C1CCCC1. The van der Waals surface area contributed by atoms with Gasteiger partial charge in [0.25, 0.3) is 0 Å². The van der Waals surface area contributed by atoms with E-state index in [4.69, 9.17) is 4.74 Å². The molecule has 5 nitrogen and oxygen atoms in total. The highest BCUT2D eigenvalue weighted by molar-refractivity contribution is 7.93. The molecule has 6 heteroatoms. The van der Waals surface area contributed by atoms with Crippen LogP contribution in [0.2, 0.25) is 0 Å². The Kier molecular flexibility index (Phi) is 5.08. The normalized spacial score (nSPS) is 15.1. The van der Waals surface area contributed by atoms with Crippen LogP contribution in [0.3, 0.4) is 0 Å². The van der Waals surface area contributed by atoms with Crippen molar-refractivity contribution in [3.05, 3.63) is 59.7 Å². The van der Waals surface area contributed by atoms with Gasteiger partial charge in [-0.25, -0.2) is 8.42 Å². The first-order valence-corrected chi connectivity index (χ1v) is 9.85. The van der Waals surface area contributed by atoms with Crippen molar-refractivity contribution in [2.45, 2.75) is 30.9 Å². The van der Waals surface area contributed by atoms with Gasteiger partial charge < -0.3 is 4.74 Å². The predicted octanol–water partition coefficient (Wildman–Crippen LogP) is 3.61. The Morgan fingerprint density at radius 1 is 1.04 bits per heavy atom. The Hall–Kier alpha value is -2.34. The standard InChI is InChI=1S/C19H21NO4S/c1-24-18-12-11-15(19(21)14-7-3-2-4-8-14)13-17(18)20-25(22,23)16-9-5-6-10-16/h2-4,7-8,11-13,16,20H,5-6,9-10H2,1H3. The predicted molar refractivity (Wildman–Crippen MR) is 97.7 cm³/mol. The maximum absolute atomic E-state index is 12.6. The van der Waals surface area contributed by atoms with E-state index in [0.29, 0.717) is 35.4 Å². The summed E-state index contributed by atoms with van der Waals surface area (Å²) in [6.07, 6.45) is 3.19. The van der Waals surface area contributed by atoms with E-state index in [1.807, 2.05) is 6.07 Å². The molecule has 0 aliphatic heterocycles. The van der Waals surface area contributed by atoms with Gasteiger partial charge >= 0.3 is 0 Å². The molecule has 2 aromatic carbocycles. The zero-order valence-corrected chi connectivity index (χ0v) is 14.9. The van der Waals surface area contributed by atoms with Crippen LogP contribution in [0.25, 0.3) is 0 Å². The molecule has 0 unspecified atom stereocenters. The van der Waals surface area contributed by atoms with Crippen LogP contribution in [-0.4, -0.2) is 26.6 Å². The van der Waals surface area contributed by atoms with Gasteiger partial charge in [0.15, 0.2) is 5.78 Å². The van der Waals surface area contributed by atoms with Crippen molar-refractivity contribution >= 4 is 21.5 Å². The third kappa shape index (κ3) is 3.85. The topological polar surface area (TPSA) is 72.5 Å². The molecule has 3 rings (SSSR count). The van der Waals surface area contributed by atoms with Crippen LogP contribution >= 0.6 is 0 Å². The van der Waals surface area contributed by atoms with Crippen LogP contribution < -0.4 is 9.46 Å². The number of nitrogens with one attached hydrogen (secondary N) is 1. The first-order valence-electron chi connectivity index (χ1n) is 8.30. The van der Waals surface area contributed by atoms with Crippen LogP contribution in [0.1, 0.15) is 41.6 Å². The molecule has 0 saturated heterocycles. The molecule has 1 saturated carbocycles. The lowest BCUT2D eigenvalue weighted by molar-refractivity contribution is 0.103. The maximum atomic E-state index is 12.6. The van der Waals surface area contributed by atoms with Gasteiger partial charge in [-0.1, -0.05) is 43.2 Å². The molecule has 1 aliphatic carbocycles. The van der Waals surface area contributed by atoms with Crippen LogP contribution in [-0.2, 0) is 10.0 Å². The summed E-state index contributed by atoms with van der Waals surface area (Å²) in [5, 5.41) is -0.384. The average Bonchev–Trinajstić information content (AvgIpc) is 3.17. The lowest BCUT2D eigenvalue weighted by Gasteiger charge is -2.16. The van der Waals surface area contributed by atoms with E-state index in [1.165, 1.54) is 7.11 Å². The van der Waals surface area contributed by atoms with Gasteiger partial charge in [-0.15, -0.1) is 0 Å². The summed E-state index contributed by atoms with van der Waals surface area (Å²) in [7, 11) is -2.02. The largest absolute Gasteiger partial charge is 0.495 e. The fourth-order valence-electron chi connectivity index (χ4n) is 3.12. The van der Waals surface area contributed by atoms with Gasteiger partial charge in [-0.3, -0.25) is 9.52 Å². The first-order chi connectivity index (χ1) is 12.0. The lowest BCUT2D eigenvalue weighted by atomic mass is 10.0. The van der Waals surface area contributed by atoms with E-state index >= 15 is 0 Å². The van der Waals surface area contributed by atoms with Crippen molar-refractivity contribution in [3.8, 4) is 5.75 Å². The number of carbonyl (C=O) groups is 1. The third-order valence-electron chi connectivity index (χ3n) is 4.49. The number of benzene rings is 2. The van der Waals surface area contributed by atoms with Gasteiger partial charge in [-0.2, -0.15) is 0 Å². The molecule has 1 fully saturated rings. The van der Waals surface area contributed by atoms with E-state index in [-0.39, 0.29) is 11.0 Å². The highest BCUT2D eigenvalue weighted by Gasteiger charge is 2.29. The van der Waals surface area contributed by atoms with Crippen molar-refractivity contribution in [1.29, 1.82) is 0 Å². The van der Waals surface area contributed by atoms with Crippen LogP contribution in [0.15, 0.2) is 48.5 Å². The third-order valence-corrected chi connectivity index (χ3v) is 6.34. The summed E-state index contributed by atoms with van der Waals surface area (Å²) in [6, 6.07) is 13.7. The molecule has 0 spiro atoms. The molecule has 0 aromatic heterocycles. The van der Waals surface area contributed by atoms with E-state index in [9.17, 15) is 13.2 Å². The van der Waals surface area contributed by atoms with E-state index < -0.39 is 10.0 Å². The number of rotatable bonds is 6.